The number of allylic oxidation sites excluding steroid dienone is 3. The fourth-order valence-electron chi connectivity index (χ4n) is 9.49. The van der Waals surface area contributed by atoms with Crippen LogP contribution in [0.3, 0.4) is 0 Å². The number of hydrogen-bond acceptors (Lipinski definition) is 23. The number of hydrogen-bond donors (Lipinski definition) is 1. The SMILES string of the molecule is COCCOCCOCCOCCOCCOCC[N+](CCOCCOCCOCCOCCOCCOC)=c1ccc2c(/C=C/C=C3/N(CCCCCC(=O)ON4C(=O)CCC4=O)c4ccc(S(=O)(=O)[O-])cc4C3(C)CCCS(=O)(=O)O)ccoc-2c1.[Na+]. The molecule has 4 aliphatic rings. The summed E-state index contributed by atoms with van der Waals surface area (Å²) >= 11 is 0. The van der Waals surface area contributed by atoms with Crippen molar-refractivity contribution in [3.05, 3.63) is 83.1 Å². The van der Waals surface area contributed by atoms with Crippen molar-refractivity contribution < 1.29 is 136 Å². The molecule has 89 heavy (non-hydrogen) atoms. The van der Waals surface area contributed by atoms with Crippen LogP contribution in [0, 0.1) is 0 Å². The number of anilines is 1. The van der Waals surface area contributed by atoms with Gasteiger partial charge in [0.1, 0.15) is 29.1 Å². The maximum atomic E-state index is 12.6. The van der Waals surface area contributed by atoms with Crippen LogP contribution in [-0.2, 0) is 102 Å². The first kappa shape index (κ1) is 77.3. The molecule has 1 unspecified atom stereocenters. The number of methoxy groups -OCH3 is 2. The van der Waals surface area contributed by atoms with Gasteiger partial charge in [0, 0.05) is 68.5 Å². The number of hydroxylamine groups is 2. The quantitative estimate of drug-likeness (QED) is 0.0271. The van der Waals surface area contributed by atoms with Gasteiger partial charge in [0.2, 0.25) is 5.36 Å². The zero-order chi connectivity index (χ0) is 63.3. The Morgan fingerprint density at radius 3 is 1.63 bits per heavy atom. The second kappa shape index (κ2) is 43.7. The summed E-state index contributed by atoms with van der Waals surface area (Å²) in [7, 11) is -6.02. The molecule has 1 aromatic carbocycles. The van der Waals surface area contributed by atoms with Gasteiger partial charge in [-0.15, -0.1) is 5.06 Å². The van der Waals surface area contributed by atoms with E-state index >= 15 is 0 Å². The van der Waals surface area contributed by atoms with Gasteiger partial charge in [-0.3, -0.25) is 14.1 Å². The third-order valence-corrected chi connectivity index (χ3v) is 15.6. The van der Waals surface area contributed by atoms with Crippen LogP contribution in [0.2, 0.25) is 0 Å². The molecule has 2 amide bonds. The summed E-state index contributed by atoms with van der Waals surface area (Å²) < 4.78 is 145. The third-order valence-electron chi connectivity index (χ3n) is 14.0. The van der Waals surface area contributed by atoms with E-state index < -0.39 is 54.1 Å². The number of carbonyl (C=O) groups is 3. The van der Waals surface area contributed by atoms with Crippen molar-refractivity contribution in [1.29, 1.82) is 0 Å². The molecule has 1 atom stereocenters. The normalized spacial score (nSPS) is 15.7. The van der Waals surface area contributed by atoms with Crippen LogP contribution in [0.1, 0.15) is 69.4 Å². The molecule has 26 nitrogen and oxygen atoms in total. The maximum absolute atomic E-state index is 12.6. The Labute approximate surface area is 545 Å². The summed E-state index contributed by atoms with van der Waals surface area (Å²) in [6.45, 7) is 13.0. The van der Waals surface area contributed by atoms with Crippen LogP contribution >= 0.6 is 0 Å². The third kappa shape index (κ3) is 29.2. The minimum atomic E-state index is -4.90. The monoisotopic (exact) mass is 1310 g/mol. The zero-order valence-corrected chi connectivity index (χ0v) is 55.6. The predicted molar refractivity (Wildman–Crippen MR) is 320 cm³/mol. The van der Waals surface area contributed by atoms with Crippen molar-refractivity contribution in [3.8, 4) is 11.3 Å². The number of ether oxygens (including phenoxy) is 12. The average Bonchev–Trinajstić information content (AvgIpc) is 2.25. The van der Waals surface area contributed by atoms with E-state index in [0.29, 0.717) is 212 Å². The Balaban J connectivity index is 0.0000169. The largest absolute Gasteiger partial charge is 1.00 e. The predicted octanol–water partition coefficient (Wildman–Crippen LogP) is 1.03. The van der Waals surface area contributed by atoms with Crippen molar-refractivity contribution >= 4 is 49.8 Å². The van der Waals surface area contributed by atoms with Gasteiger partial charge in [-0.2, -0.15) is 8.42 Å². The molecule has 5 rings (SSSR count). The molecule has 0 bridgehead atoms. The molecule has 1 aromatic rings. The molecular formula is C60H89N3NaO23S2+. The van der Waals surface area contributed by atoms with Gasteiger partial charge in [0.15, 0.2) is 13.1 Å². The van der Waals surface area contributed by atoms with Gasteiger partial charge in [-0.25, -0.2) is 17.8 Å². The minimum Gasteiger partial charge on any atom is -0.744 e. The molecule has 0 aromatic heterocycles. The van der Waals surface area contributed by atoms with Crippen molar-refractivity contribution in [1.82, 2.24) is 9.64 Å². The van der Waals surface area contributed by atoms with Crippen LogP contribution in [-0.4, -0.2) is 234 Å². The molecule has 0 radical (unpaired) electrons. The number of carbonyl (C=O) groups excluding carboxylic acids is 3. The van der Waals surface area contributed by atoms with E-state index in [1.165, 1.54) is 12.1 Å². The molecule has 0 saturated carbocycles. The molecule has 3 heterocycles. The Morgan fingerprint density at radius 2 is 1.15 bits per heavy atom. The molecular weight excluding hydrogens is 1220 g/mol. The smallest absolute Gasteiger partial charge is 0.744 e. The summed E-state index contributed by atoms with van der Waals surface area (Å²) in [5.74, 6) is -1.84. The molecule has 0 spiro atoms. The van der Waals surface area contributed by atoms with E-state index in [0.717, 1.165) is 16.5 Å². The van der Waals surface area contributed by atoms with E-state index in [2.05, 4.69) is 4.58 Å². The maximum Gasteiger partial charge on any atom is 1.00 e. The first-order chi connectivity index (χ1) is 42.6. The van der Waals surface area contributed by atoms with Gasteiger partial charge >= 0.3 is 35.5 Å². The van der Waals surface area contributed by atoms with Gasteiger partial charge in [0.25, 0.3) is 21.9 Å². The standard InChI is InChI=1S/C60H89N3O23S2.Na/c1-60(19-8-46-87(67,68)69)53-48-51(88(70,71)72)13-15-54(53)62(20-6-4-5-11-59(66)86-63-57(64)16-17-58(63)65)56(60)10-7-9-49-18-23-85-55-47-50(12-14-52(49)55)61(21-24-75-30-32-79-38-40-83-44-42-81-36-34-77-28-26-73-2)22-25-76-31-33-80-39-41-84-45-43-82-37-35-78-29-27-74-3;/h7,9-10,12-15,18,23,47-48H,4-6,8,11,16-17,19-22,24-46H2,1-3H3,(H-,67,68,69,70,71,72);/q;+1. The van der Waals surface area contributed by atoms with E-state index in [4.69, 9.17) is 66.1 Å². The van der Waals surface area contributed by atoms with Crippen molar-refractivity contribution in [3.63, 3.8) is 0 Å². The van der Waals surface area contributed by atoms with Crippen LogP contribution < -0.4 is 44.4 Å². The average molecular weight is 1310 g/mol. The molecule has 1 saturated heterocycles. The second-order valence-corrected chi connectivity index (χ2v) is 23.4. The fraction of sp³-hybridized carbons (Fsp3) is 0.633. The van der Waals surface area contributed by atoms with E-state index in [1.807, 2.05) is 54.3 Å². The summed E-state index contributed by atoms with van der Waals surface area (Å²) in [6, 6.07) is 11.8. The van der Waals surface area contributed by atoms with E-state index in [-0.39, 0.29) is 61.7 Å². The van der Waals surface area contributed by atoms with Crippen LogP contribution in [0.4, 0.5) is 5.69 Å². The van der Waals surface area contributed by atoms with Crippen molar-refractivity contribution in [2.45, 2.75) is 68.6 Å². The number of imide groups is 1. The molecule has 29 heteroatoms. The number of unbranched alkanes of at least 4 members (excludes halogenated alkanes) is 2. The first-order valence-electron chi connectivity index (χ1n) is 29.7. The molecule has 494 valence electrons. The molecule has 1 aliphatic carbocycles. The zero-order valence-electron chi connectivity index (χ0n) is 52.0. The Morgan fingerprint density at radius 1 is 0.652 bits per heavy atom. The first-order valence-corrected chi connectivity index (χ1v) is 32.7. The number of nitrogens with zero attached hydrogens (tertiary/aromatic N) is 3. The van der Waals surface area contributed by atoms with Crippen molar-refractivity contribution in [2.24, 2.45) is 0 Å². The second-order valence-electron chi connectivity index (χ2n) is 20.4. The molecule has 3 aliphatic heterocycles. The number of amides is 2. The molecule has 1 fully saturated rings. The van der Waals surface area contributed by atoms with Gasteiger partial charge in [0.05, 0.1) is 155 Å². The van der Waals surface area contributed by atoms with E-state index in [1.54, 1.807) is 26.5 Å². The summed E-state index contributed by atoms with van der Waals surface area (Å²) in [4.78, 5) is 43.0. The number of fused-ring (bicyclic) bond motifs is 2. The fourth-order valence-corrected chi connectivity index (χ4v) is 10.5. The Bertz CT molecular complexity index is 2840. The van der Waals surface area contributed by atoms with E-state index in [9.17, 15) is 40.3 Å². The Kier molecular flexibility index (Phi) is 37.9. The van der Waals surface area contributed by atoms with Gasteiger partial charge in [-0.05, 0) is 80.1 Å². The number of benzene rings is 2. The topological polar surface area (TPSA) is 305 Å². The van der Waals surface area contributed by atoms with Crippen LogP contribution in [0.25, 0.3) is 17.4 Å². The Hall–Kier alpha value is -4.12. The van der Waals surface area contributed by atoms with Gasteiger partial charge < -0.3 is 75.5 Å². The van der Waals surface area contributed by atoms with Crippen LogP contribution in [0.15, 0.2) is 75.9 Å². The summed E-state index contributed by atoms with van der Waals surface area (Å²) in [5, 5.41) is 1.36. The summed E-state index contributed by atoms with van der Waals surface area (Å²) in [5.41, 5.74) is 2.26. The summed E-state index contributed by atoms with van der Waals surface area (Å²) in [6.07, 6.45) is 8.55. The van der Waals surface area contributed by atoms with Gasteiger partial charge in [-0.1, -0.05) is 18.6 Å². The van der Waals surface area contributed by atoms with Crippen LogP contribution in [0.5, 0.6) is 0 Å². The minimum absolute atomic E-state index is 0. The number of rotatable bonds is 50. The molecule has 1 N–H and O–H groups in total. The van der Waals surface area contributed by atoms with Crippen molar-refractivity contribution in [2.75, 3.05) is 190 Å².